The Bertz CT molecular complexity index is 763. The van der Waals surface area contributed by atoms with Gasteiger partial charge in [0.15, 0.2) is 6.61 Å². The third-order valence-electron chi connectivity index (χ3n) is 3.28. The number of benzene rings is 1. The Morgan fingerprint density at radius 3 is 2.67 bits per heavy atom. The molecule has 0 aliphatic rings. The van der Waals surface area contributed by atoms with Gasteiger partial charge < -0.3 is 9.64 Å². The number of hydrogen-bond acceptors (Lipinski definition) is 5. The highest BCUT2D eigenvalue weighted by molar-refractivity contribution is 5.77. The highest BCUT2D eigenvalue weighted by Gasteiger charge is 2.16. The molecule has 0 spiro atoms. The Kier molecular flexibility index (Phi) is 6.31. The van der Waals surface area contributed by atoms with Crippen molar-refractivity contribution in [3.63, 3.8) is 0 Å². The SMILES string of the molecule is N#CCCN(Cc1ccccn1)C(=O)COc1ccccc1C#N. The molecule has 24 heavy (non-hydrogen) atoms. The van der Waals surface area contributed by atoms with Crippen molar-refractivity contribution in [2.75, 3.05) is 13.2 Å². The fourth-order valence-corrected chi connectivity index (χ4v) is 2.08. The van der Waals surface area contributed by atoms with E-state index < -0.39 is 0 Å². The van der Waals surface area contributed by atoms with E-state index in [1.54, 1.807) is 36.5 Å². The molecule has 0 fully saturated rings. The fourth-order valence-electron chi connectivity index (χ4n) is 2.08. The number of hydrogen-bond donors (Lipinski definition) is 0. The number of para-hydroxylation sites is 1. The molecule has 0 aliphatic carbocycles. The topological polar surface area (TPSA) is 90.0 Å². The molecule has 0 radical (unpaired) electrons. The number of aromatic nitrogens is 1. The summed E-state index contributed by atoms with van der Waals surface area (Å²) in [7, 11) is 0. The summed E-state index contributed by atoms with van der Waals surface area (Å²) in [5.74, 6) is 0.107. The molecule has 1 amide bonds. The summed E-state index contributed by atoms with van der Waals surface area (Å²) >= 11 is 0. The Labute approximate surface area is 140 Å². The lowest BCUT2D eigenvalue weighted by Crippen LogP contribution is -2.35. The number of nitrogens with zero attached hydrogens (tertiary/aromatic N) is 4. The van der Waals surface area contributed by atoms with Crippen molar-refractivity contribution in [3.05, 3.63) is 59.9 Å². The van der Waals surface area contributed by atoms with Gasteiger partial charge in [-0.2, -0.15) is 10.5 Å². The summed E-state index contributed by atoms with van der Waals surface area (Å²) in [6.07, 6.45) is 1.88. The lowest BCUT2D eigenvalue weighted by molar-refractivity contribution is -0.134. The molecule has 0 aliphatic heterocycles. The minimum absolute atomic E-state index is 0.197. The van der Waals surface area contributed by atoms with E-state index in [0.29, 0.717) is 24.4 Å². The fraction of sp³-hybridized carbons (Fsp3) is 0.222. The van der Waals surface area contributed by atoms with Crippen molar-refractivity contribution in [2.24, 2.45) is 0 Å². The quantitative estimate of drug-likeness (QED) is 0.780. The minimum atomic E-state index is -0.261. The van der Waals surface area contributed by atoms with Crippen LogP contribution in [-0.4, -0.2) is 28.9 Å². The van der Waals surface area contributed by atoms with E-state index in [1.807, 2.05) is 24.3 Å². The Morgan fingerprint density at radius 1 is 1.17 bits per heavy atom. The van der Waals surface area contributed by atoms with Crippen molar-refractivity contribution in [2.45, 2.75) is 13.0 Å². The van der Waals surface area contributed by atoms with Crippen molar-refractivity contribution in [3.8, 4) is 17.9 Å². The monoisotopic (exact) mass is 320 g/mol. The van der Waals surface area contributed by atoms with Gasteiger partial charge in [0.05, 0.1) is 30.3 Å². The molecule has 0 unspecified atom stereocenters. The largest absolute Gasteiger partial charge is 0.482 e. The van der Waals surface area contributed by atoms with Gasteiger partial charge in [-0.25, -0.2) is 0 Å². The zero-order valence-electron chi connectivity index (χ0n) is 13.1. The summed E-state index contributed by atoms with van der Waals surface area (Å²) in [5.41, 5.74) is 1.11. The van der Waals surface area contributed by atoms with E-state index in [9.17, 15) is 4.79 Å². The first-order valence-electron chi connectivity index (χ1n) is 7.41. The molecule has 1 aromatic heterocycles. The first-order chi connectivity index (χ1) is 11.7. The Hall–Kier alpha value is -3.38. The number of pyridine rings is 1. The van der Waals surface area contributed by atoms with E-state index in [4.69, 9.17) is 15.3 Å². The Balaban J connectivity index is 2.02. The number of ether oxygens (including phenoxy) is 1. The van der Waals surface area contributed by atoms with Crippen molar-refractivity contribution in [1.29, 1.82) is 10.5 Å². The average molecular weight is 320 g/mol. The van der Waals surface area contributed by atoms with Crippen LogP contribution >= 0.6 is 0 Å². The molecule has 120 valence electrons. The normalized spacial score (nSPS) is 9.58. The van der Waals surface area contributed by atoms with Crippen LogP contribution in [0.1, 0.15) is 17.7 Å². The van der Waals surface area contributed by atoms with E-state index in [1.165, 1.54) is 4.90 Å². The molecule has 0 atom stereocenters. The highest BCUT2D eigenvalue weighted by Crippen LogP contribution is 2.16. The van der Waals surface area contributed by atoms with Crippen LogP contribution in [0.15, 0.2) is 48.7 Å². The van der Waals surface area contributed by atoms with E-state index in [-0.39, 0.29) is 18.9 Å². The molecule has 2 rings (SSSR count). The standard InChI is InChI=1S/C18H16N4O2/c19-9-5-11-22(13-16-7-3-4-10-21-16)18(23)14-24-17-8-2-1-6-15(17)12-20/h1-4,6-8,10H,5,11,13-14H2. The van der Waals surface area contributed by atoms with Gasteiger partial charge in [0, 0.05) is 12.7 Å². The molecule has 6 nitrogen and oxygen atoms in total. The summed E-state index contributed by atoms with van der Waals surface area (Å²) in [6, 6.07) is 16.2. The van der Waals surface area contributed by atoms with Crippen LogP contribution in [0.4, 0.5) is 0 Å². The van der Waals surface area contributed by atoms with E-state index in [2.05, 4.69) is 4.98 Å². The van der Waals surface area contributed by atoms with Gasteiger partial charge in [-0.05, 0) is 24.3 Å². The van der Waals surface area contributed by atoms with Gasteiger partial charge in [0.2, 0.25) is 0 Å². The average Bonchev–Trinajstić information content (AvgIpc) is 2.64. The molecule has 1 heterocycles. The second-order valence-electron chi connectivity index (χ2n) is 4.94. The molecule has 0 N–H and O–H groups in total. The predicted octanol–water partition coefficient (Wildman–Crippen LogP) is 2.27. The van der Waals surface area contributed by atoms with Crippen LogP contribution < -0.4 is 4.74 Å². The zero-order valence-corrected chi connectivity index (χ0v) is 13.1. The van der Waals surface area contributed by atoms with Gasteiger partial charge in [-0.1, -0.05) is 18.2 Å². The molecule has 0 saturated carbocycles. The lowest BCUT2D eigenvalue weighted by atomic mass is 10.2. The molecular formula is C18H16N4O2. The molecular weight excluding hydrogens is 304 g/mol. The molecule has 0 bridgehead atoms. The maximum Gasteiger partial charge on any atom is 0.260 e. The third kappa shape index (κ3) is 4.82. The number of amides is 1. The van der Waals surface area contributed by atoms with Crippen LogP contribution in [0.5, 0.6) is 5.75 Å². The minimum Gasteiger partial charge on any atom is -0.482 e. The second-order valence-corrected chi connectivity index (χ2v) is 4.94. The van der Waals surface area contributed by atoms with Gasteiger partial charge >= 0.3 is 0 Å². The maximum absolute atomic E-state index is 12.4. The summed E-state index contributed by atoms with van der Waals surface area (Å²) in [5, 5.41) is 17.8. The van der Waals surface area contributed by atoms with Gasteiger partial charge in [0.25, 0.3) is 5.91 Å². The smallest absolute Gasteiger partial charge is 0.260 e. The summed E-state index contributed by atoms with van der Waals surface area (Å²) in [6.45, 7) is 0.413. The molecule has 0 saturated heterocycles. The number of carbonyl (C=O) groups excluding carboxylic acids is 1. The zero-order chi connectivity index (χ0) is 17.2. The second kappa shape index (κ2) is 8.92. The maximum atomic E-state index is 12.4. The van der Waals surface area contributed by atoms with Crippen LogP contribution in [0.25, 0.3) is 0 Å². The summed E-state index contributed by atoms with van der Waals surface area (Å²) in [4.78, 5) is 18.1. The molecule has 2 aromatic rings. The van der Waals surface area contributed by atoms with Crippen LogP contribution in [0, 0.1) is 22.7 Å². The van der Waals surface area contributed by atoms with E-state index in [0.717, 1.165) is 5.69 Å². The first-order valence-corrected chi connectivity index (χ1v) is 7.41. The van der Waals surface area contributed by atoms with Gasteiger partial charge in [-0.15, -0.1) is 0 Å². The third-order valence-corrected chi connectivity index (χ3v) is 3.28. The van der Waals surface area contributed by atoms with Crippen molar-refractivity contribution < 1.29 is 9.53 Å². The molecule has 6 heteroatoms. The van der Waals surface area contributed by atoms with Crippen LogP contribution in [-0.2, 0) is 11.3 Å². The van der Waals surface area contributed by atoms with Crippen molar-refractivity contribution >= 4 is 5.91 Å². The highest BCUT2D eigenvalue weighted by atomic mass is 16.5. The number of nitriles is 2. The van der Waals surface area contributed by atoms with Gasteiger partial charge in [-0.3, -0.25) is 9.78 Å². The van der Waals surface area contributed by atoms with E-state index >= 15 is 0 Å². The van der Waals surface area contributed by atoms with Crippen molar-refractivity contribution in [1.82, 2.24) is 9.88 Å². The summed E-state index contributed by atoms with van der Waals surface area (Å²) < 4.78 is 5.47. The number of carbonyl (C=O) groups is 1. The lowest BCUT2D eigenvalue weighted by Gasteiger charge is -2.21. The van der Waals surface area contributed by atoms with Gasteiger partial charge in [0.1, 0.15) is 11.8 Å². The van der Waals surface area contributed by atoms with Crippen LogP contribution in [0.3, 0.4) is 0 Å². The molecule has 1 aromatic carbocycles. The first kappa shape index (κ1) is 17.0. The van der Waals surface area contributed by atoms with Crippen LogP contribution in [0.2, 0.25) is 0 Å². The predicted molar refractivity (Wildman–Crippen MR) is 86.5 cm³/mol. The Morgan fingerprint density at radius 2 is 1.96 bits per heavy atom. The number of rotatable bonds is 7.